The number of nitrogens with one attached hydrogen (secondary N) is 1. The fourth-order valence-corrected chi connectivity index (χ4v) is 1.38. The number of hydrogen-bond acceptors (Lipinski definition) is 1. The van der Waals surface area contributed by atoms with E-state index in [1.54, 1.807) is 5.57 Å². The van der Waals surface area contributed by atoms with Gasteiger partial charge >= 0.3 is 0 Å². The van der Waals surface area contributed by atoms with E-state index in [2.05, 4.69) is 37.4 Å². The summed E-state index contributed by atoms with van der Waals surface area (Å²) in [5.74, 6) is 0. The lowest BCUT2D eigenvalue weighted by atomic mass is 10.0. The minimum atomic E-state index is 0.615. The molecule has 1 N–H and O–H groups in total. The third-order valence-corrected chi connectivity index (χ3v) is 2.10. The van der Waals surface area contributed by atoms with Gasteiger partial charge in [-0.25, -0.2) is 0 Å². The number of allylic oxidation sites excluding steroid dienone is 3. The minimum absolute atomic E-state index is 0.615. The first-order valence-electron chi connectivity index (χ1n) is 4.87. The molecule has 0 aliphatic heterocycles. The van der Waals surface area contributed by atoms with Crippen LogP contribution in [-0.4, -0.2) is 12.6 Å². The Balaban J connectivity index is 2.14. The van der Waals surface area contributed by atoms with Crippen molar-refractivity contribution in [2.24, 2.45) is 0 Å². The molecule has 0 unspecified atom stereocenters. The summed E-state index contributed by atoms with van der Waals surface area (Å²) in [4.78, 5) is 0. The predicted octanol–water partition coefficient (Wildman–Crippen LogP) is 2.65. The Kier molecular flexibility index (Phi) is 4.09. The van der Waals surface area contributed by atoms with Gasteiger partial charge in [-0.1, -0.05) is 37.6 Å². The summed E-state index contributed by atoms with van der Waals surface area (Å²) < 4.78 is 0. The zero-order valence-corrected chi connectivity index (χ0v) is 8.14. The van der Waals surface area contributed by atoms with Crippen LogP contribution in [0.15, 0.2) is 23.8 Å². The Hall–Kier alpha value is -0.560. The van der Waals surface area contributed by atoms with Crippen molar-refractivity contribution in [1.82, 2.24) is 5.32 Å². The summed E-state index contributed by atoms with van der Waals surface area (Å²) in [6, 6.07) is 0.615. The van der Waals surface area contributed by atoms with Crippen molar-refractivity contribution in [3.8, 4) is 0 Å². The molecule has 0 saturated heterocycles. The third kappa shape index (κ3) is 3.72. The normalized spacial score (nSPS) is 16.8. The highest BCUT2D eigenvalue weighted by molar-refractivity contribution is 5.17. The van der Waals surface area contributed by atoms with E-state index in [9.17, 15) is 0 Å². The van der Waals surface area contributed by atoms with Crippen LogP contribution < -0.4 is 5.32 Å². The first-order valence-corrected chi connectivity index (χ1v) is 4.87. The molecule has 0 bridgehead atoms. The molecule has 0 amide bonds. The molecule has 0 heterocycles. The van der Waals surface area contributed by atoms with E-state index < -0.39 is 0 Å². The van der Waals surface area contributed by atoms with Crippen LogP contribution in [0.25, 0.3) is 0 Å². The molecule has 12 heavy (non-hydrogen) atoms. The van der Waals surface area contributed by atoms with Gasteiger partial charge in [0.2, 0.25) is 0 Å². The van der Waals surface area contributed by atoms with Crippen molar-refractivity contribution < 1.29 is 0 Å². The Morgan fingerprint density at radius 1 is 1.50 bits per heavy atom. The fourth-order valence-electron chi connectivity index (χ4n) is 1.38. The lowest BCUT2D eigenvalue weighted by molar-refractivity contribution is 0.584. The van der Waals surface area contributed by atoms with E-state index in [0.29, 0.717) is 6.04 Å². The molecule has 0 aromatic carbocycles. The Labute approximate surface area is 75.6 Å². The van der Waals surface area contributed by atoms with Gasteiger partial charge in [0.15, 0.2) is 0 Å². The second-order valence-electron chi connectivity index (χ2n) is 3.65. The van der Waals surface area contributed by atoms with Crippen LogP contribution in [0.3, 0.4) is 0 Å². The fraction of sp³-hybridized carbons (Fsp3) is 0.636. The van der Waals surface area contributed by atoms with E-state index in [1.807, 2.05) is 0 Å². The van der Waals surface area contributed by atoms with Crippen LogP contribution in [0.1, 0.15) is 33.1 Å². The van der Waals surface area contributed by atoms with Crippen LogP contribution in [-0.2, 0) is 0 Å². The smallest absolute Gasteiger partial charge is 0.00105 e. The molecule has 0 aromatic heterocycles. The van der Waals surface area contributed by atoms with Gasteiger partial charge in [-0.3, -0.25) is 0 Å². The maximum atomic E-state index is 3.43. The van der Waals surface area contributed by atoms with Crippen molar-refractivity contribution in [3.63, 3.8) is 0 Å². The summed E-state index contributed by atoms with van der Waals surface area (Å²) in [6.07, 6.45) is 10.4. The van der Waals surface area contributed by atoms with Crippen molar-refractivity contribution in [2.75, 3.05) is 6.54 Å². The topological polar surface area (TPSA) is 12.0 Å². The molecule has 0 atom stereocenters. The van der Waals surface area contributed by atoms with Crippen LogP contribution in [0, 0.1) is 0 Å². The molecule has 0 saturated carbocycles. The first kappa shape index (κ1) is 9.53. The van der Waals surface area contributed by atoms with Gasteiger partial charge < -0.3 is 5.32 Å². The summed E-state index contributed by atoms with van der Waals surface area (Å²) in [5.41, 5.74) is 1.59. The van der Waals surface area contributed by atoms with Crippen LogP contribution in [0.5, 0.6) is 0 Å². The van der Waals surface area contributed by atoms with E-state index in [4.69, 9.17) is 0 Å². The summed E-state index contributed by atoms with van der Waals surface area (Å²) in [5, 5.41) is 3.43. The molecule has 1 nitrogen and oxygen atoms in total. The largest absolute Gasteiger partial charge is 0.314 e. The van der Waals surface area contributed by atoms with Gasteiger partial charge in [0, 0.05) is 6.04 Å². The maximum Gasteiger partial charge on any atom is 0.00105 e. The predicted molar refractivity (Wildman–Crippen MR) is 54.2 cm³/mol. The van der Waals surface area contributed by atoms with Gasteiger partial charge in [0.1, 0.15) is 0 Å². The first-order chi connectivity index (χ1) is 5.79. The third-order valence-electron chi connectivity index (χ3n) is 2.10. The van der Waals surface area contributed by atoms with E-state index >= 15 is 0 Å². The van der Waals surface area contributed by atoms with Gasteiger partial charge in [-0.05, 0) is 25.8 Å². The standard InChI is InChI=1S/C11H19N/c1-10(2)12-9-8-11-6-4-3-5-7-11/h3-4,6,10,12H,5,7-9H2,1-2H3. The van der Waals surface area contributed by atoms with Crippen molar-refractivity contribution in [3.05, 3.63) is 23.8 Å². The maximum absolute atomic E-state index is 3.43. The minimum Gasteiger partial charge on any atom is -0.314 e. The molecule has 0 spiro atoms. The Morgan fingerprint density at radius 2 is 2.33 bits per heavy atom. The highest BCUT2D eigenvalue weighted by atomic mass is 14.9. The Bertz CT molecular complexity index is 177. The van der Waals surface area contributed by atoms with Crippen molar-refractivity contribution in [2.45, 2.75) is 39.2 Å². The molecule has 68 valence electrons. The average molecular weight is 165 g/mol. The van der Waals surface area contributed by atoms with Crippen LogP contribution in [0.4, 0.5) is 0 Å². The van der Waals surface area contributed by atoms with E-state index in [-0.39, 0.29) is 0 Å². The Morgan fingerprint density at radius 3 is 2.92 bits per heavy atom. The van der Waals surface area contributed by atoms with Gasteiger partial charge in [-0.2, -0.15) is 0 Å². The molecule has 0 aromatic rings. The molecule has 1 aliphatic rings. The zero-order chi connectivity index (χ0) is 8.81. The molecule has 1 rings (SSSR count). The monoisotopic (exact) mass is 165 g/mol. The second-order valence-corrected chi connectivity index (χ2v) is 3.65. The lowest BCUT2D eigenvalue weighted by Gasteiger charge is -2.11. The lowest BCUT2D eigenvalue weighted by Crippen LogP contribution is -2.23. The van der Waals surface area contributed by atoms with Gasteiger partial charge in [0.05, 0.1) is 0 Å². The quantitative estimate of drug-likeness (QED) is 0.675. The molecule has 1 aliphatic carbocycles. The molecule has 0 fully saturated rings. The van der Waals surface area contributed by atoms with Crippen molar-refractivity contribution in [1.29, 1.82) is 0 Å². The molecule has 1 heteroatoms. The highest BCUT2D eigenvalue weighted by Crippen LogP contribution is 2.14. The van der Waals surface area contributed by atoms with E-state index in [1.165, 1.54) is 19.3 Å². The number of rotatable bonds is 4. The van der Waals surface area contributed by atoms with Crippen molar-refractivity contribution >= 4 is 0 Å². The second kappa shape index (κ2) is 5.15. The highest BCUT2D eigenvalue weighted by Gasteiger charge is 1.99. The van der Waals surface area contributed by atoms with Crippen LogP contribution in [0.2, 0.25) is 0 Å². The molecular weight excluding hydrogens is 146 g/mol. The zero-order valence-electron chi connectivity index (χ0n) is 8.14. The van der Waals surface area contributed by atoms with Crippen LogP contribution >= 0.6 is 0 Å². The molecular formula is C11H19N. The summed E-state index contributed by atoms with van der Waals surface area (Å²) in [7, 11) is 0. The van der Waals surface area contributed by atoms with E-state index in [0.717, 1.165) is 6.54 Å². The van der Waals surface area contributed by atoms with Gasteiger partial charge in [0.25, 0.3) is 0 Å². The summed E-state index contributed by atoms with van der Waals surface area (Å²) in [6.45, 7) is 5.50. The summed E-state index contributed by atoms with van der Waals surface area (Å²) >= 11 is 0. The SMILES string of the molecule is CC(C)NCCC1=CC=CCC1. The molecule has 0 radical (unpaired) electrons. The average Bonchev–Trinajstić information content (AvgIpc) is 2.05. The number of hydrogen-bond donors (Lipinski definition) is 1. The van der Waals surface area contributed by atoms with Gasteiger partial charge in [-0.15, -0.1) is 0 Å².